The second-order valence-electron chi connectivity index (χ2n) is 3.28. The van der Waals surface area contributed by atoms with Crippen LogP contribution in [0.15, 0.2) is 29.2 Å². The van der Waals surface area contributed by atoms with Crippen molar-refractivity contribution in [2.75, 3.05) is 5.75 Å². The van der Waals surface area contributed by atoms with Gasteiger partial charge in [0.2, 0.25) is 0 Å². The highest BCUT2D eigenvalue weighted by molar-refractivity contribution is 8.00. The Morgan fingerprint density at radius 2 is 2.00 bits per heavy atom. The van der Waals surface area contributed by atoms with Crippen LogP contribution < -0.4 is 0 Å². The van der Waals surface area contributed by atoms with Crippen LogP contribution in [-0.2, 0) is 9.53 Å². The molecule has 0 bridgehead atoms. The third kappa shape index (κ3) is 5.09. The predicted molar refractivity (Wildman–Crippen MR) is 63.4 cm³/mol. The second-order valence-corrected chi connectivity index (χ2v) is 4.77. The van der Waals surface area contributed by atoms with E-state index in [9.17, 15) is 4.79 Å². The minimum absolute atomic E-state index is 0.0525. The molecule has 0 saturated carbocycles. The van der Waals surface area contributed by atoms with Crippen LogP contribution in [0.3, 0.4) is 0 Å². The minimum Gasteiger partial charge on any atom is -0.462 e. The fourth-order valence-electron chi connectivity index (χ4n) is 0.970. The van der Waals surface area contributed by atoms with Gasteiger partial charge in [0, 0.05) is 9.92 Å². The van der Waals surface area contributed by atoms with Crippen LogP contribution in [0.1, 0.15) is 13.8 Å². The third-order valence-electron chi connectivity index (χ3n) is 1.54. The molecular formula is C11H13ClO2S. The number of carbonyl (C=O) groups excluding carboxylic acids is 1. The molecule has 0 aromatic heterocycles. The Kier molecular flexibility index (Phi) is 4.99. The average molecular weight is 245 g/mol. The van der Waals surface area contributed by atoms with Gasteiger partial charge in [0.25, 0.3) is 0 Å². The quantitative estimate of drug-likeness (QED) is 0.600. The second kappa shape index (κ2) is 6.03. The maximum absolute atomic E-state index is 11.2. The molecule has 0 N–H and O–H groups in total. The Bertz CT molecular complexity index is 322. The topological polar surface area (TPSA) is 26.3 Å². The highest BCUT2D eigenvalue weighted by Crippen LogP contribution is 2.20. The van der Waals surface area contributed by atoms with E-state index in [-0.39, 0.29) is 12.1 Å². The third-order valence-corrected chi connectivity index (χ3v) is 2.77. The van der Waals surface area contributed by atoms with Gasteiger partial charge in [-0.05, 0) is 38.1 Å². The molecule has 0 radical (unpaired) electrons. The first-order chi connectivity index (χ1) is 7.08. The van der Waals surface area contributed by atoms with Crippen molar-refractivity contribution >= 4 is 29.3 Å². The van der Waals surface area contributed by atoms with Crippen molar-refractivity contribution in [3.63, 3.8) is 0 Å². The Morgan fingerprint density at radius 3 is 2.53 bits per heavy atom. The van der Waals surface area contributed by atoms with E-state index < -0.39 is 0 Å². The summed E-state index contributed by atoms with van der Waals surface area (Å²) in [6.07, 6.45) is -0.0525. The predicted octanol–water partition coefficient (Wildman–Crippen LogP) is 3.38. The fourth-order valence-corrected chi connectivity index (χ4v) is 1.78. The van der Waals surface area contributed by atoms with Crippen LogP contribution in [0.4, 0.5) is 0 Å². The first-order valence-electron chi connectivity index (χ1n) is 4.66. The average Bonchev–Trinajstić information content (AvgIpc) is 2.16. The van der Waals surface area contributed by atoms with Gasteiger partial charge in [0.15, 0.2) is 0 Å². The summed E-state index contributed by atoms with van der Waals surface area (Å²) in [6.45, 7) is 3.68. The van der Waals surface area contributed by atoms with E-state index in [1.807, 2.05) is 26.0 Å². The standard InChI is InChI=1S/C11H13ClO2S/c1-8(2)14-11(13)7-15-10-5-3-9(12)4-6-10/h3-6,8H,7H2,1-2H3. The van der Waals surface area contributed by atoms with Crippen molar-refractivity contribution in [1.29, 1.82) is 0 Å². The lowest BCUT2D eigenvalue weighted by atomic mass is 10.4. The number of hydrogen-bond donors (Lipinski definition) is 0. The Balaban J connectivity index is 2.37. The zero-order valence-electron chi connectivity index (χ0n) is 8.70. The molecule has 1 aromatic rings. The highest BCUT2D eigenvalue weighted by Gasteiger charge is 2.05. The summed E-state index contributed by atoms with van der Waals surface area (Å²) in [6, 6.07) is 7.38. The molecule has 0 unspecified atom stereocenters. The molecule has 15 heavy (non-hydrogen) atoms. The van der Waals surface area contributed by atoms with Crippen LogP contribution >= 0.6 is 23.4 Å². The zero-order valence-corrected chi connectivity index (χ0v) is 10.3. The normalized spacial score (nSPS) is 10.4. The smallest absolute Gasteiger partial charge is 0.316 e. The molecule has 0 aliphatic rings. The Morgan fingerprint density at radius 1 is 1.40 bits per heavy atom. The number of esters is 1. The molecule has 82 valence electrons. The molecule has 1 aromatic carbocycles. The zero-order chi connectivity index (χ0) is 11.3. The lowest BCUT2D eigenvalue weighted by Gasteiger charge is -2.07. The summed E-state index contributed by atoms with van der Waals surface area (Å²) in [5.74, 6) is 0.143. The molecule has 1 rings (SSSR count). The molecule has 0 fully saturated rings. The van der Waals surface area contributed by atoms with E-state index in [2.05, 4.69) is 0 Å². The van der Waals surface area contributed by atoms with Gasteiger partial charge in [0.1, 0.15) is 0 Å². The van der Waals surface area contributed by atoms with Crippen LogP contribution in [0.25, 0.3) is 0 Å². The molecule has 0 atom stereocenters. The summed E-state index contributed by atoms with van der Waals surface area (Å²) < 4.78 is 5.01. The monoisotopic (exact) mass is 244 g/mol. The molecule has 2 nitrogen and oxygen atoms in total. The lowest BCUT2D eigenvalue weighted by Crippen LogP contribution is -2.13. The van der Waals surface area contributed by atoms with Gasteiger partial charge in [-0.3, -0.25) is 4.79 Å². The Labute approximate surface area is 99.0 Å². The largest absolute Gasteiger partial charge is 0.462 e. The number of halogens is 1. The number of thioether (sulfide) groups is 1. The number of benzene rings is 1. The number of carbonyl (C=O) groups is 1. The van der Waals surface area contributed by atoms with E-state index in [1.165, 1.54) is 11.8 Å². The maximum atomic E-state index is 11.2. The first-order valence-corrected chi connectivity index (χ1v) is 6.02. The lowest BCUT2D eigenvalue weighted by molar-refractivity contribution is -0.144. The van der Waals surface area contributed by atoms with Crippen molar-refractivity contribution in [3.05, 3.63) is 29.3 Å². The highest BCUT2D eigenvalue weighted by atomic mass is 35.5. The SMILES string of the molecule is CC(C)OC(=O)CSc1ccc(Cl)cc1. The van der Waals surface area contributed by atoms with Gasteiger partial charge in [-0.2, -0.15) is 0 Å². The molecule has 4 heteroatoms. The summed E-state index contributed by atoms with van der Waals surface area (Å²) in [5.41, 5.74) is 0. The first kappa shape index (κ1) is 12.4. The van der Waals surface area contributed by atoms with E-state index in [4.69, 9.17) is 16.3 Å². The van der Waals surface area contributed by atoms with E-state index in [0.29, 0.717) is 10.8 Å². The maximum Gasteiger partial charge on any atom is 0.316 e. The van der Waals surface area contributed by atoms with Crippen LogP contribution in [-0.4, -0.2) is 17.8 Å². The van der Waals surface area contributed by atoms with E-state index >= 15 is 0 Å². The van der Waals surface area contributed by atoms with Crippen LogP contribution in [0.2, 0.25) is 5.02 Å². The Hall–Kier alpha value is -0.670. The molecule has 0 heterocycles. The van der Waals surface area contributed by atoms with E-state index in [1.54, 1.807) is 12.1 Å². The number of rotatable bonds is 4. The van der Waals surface area contributed by atoms with Crippen molar-refractivity contribution in [2.45, 2.75) is 24.8 Å². The number of ether oxygens (including phenoxy) is 1. The molecule has 0 saturated heterocycles. The van der Waals surface area contributed by atoms with Crippen LogP contribution in [0.5, 0.6) is 0 Å². The van der Waals surface area contributed by atoms with Gasteiger partial charge in [-0.1, -0.05) is 11.6 Å². The van der Waals surface area contributed by atoms with Crippen LogP contribution in [0, 0.1) is 0 Å². The van der Waals surface area contributed by atoms with Gasteiger partial charge >= 0.3 is 5.97 Å². The molecule has 0 aliphatic carbocycles. The van der Waals surface area contributed by atoms with Gasteiger partial charge in [-0.25, -0.2) is 0 Å². The molecular weight excluding hydrogens is 232 g/mol. The summed E-state index contributed by atoms with van der Waals surface area (Å²) in [7, 11) is 0. The van der Waals surface area contributed by atoms with Gasteiger partial charge in [0.05, 0.1) is 11.9 Å². The fraction of sp³-hybridized carbons (Fsp3) is 0.364. The molecule has 0 spiro atoms. The van der Waals surface area contributed by atoms with Crippen molar-refractivity contribution in [1.82, 2.24) is 0 Å². The van der Waals surface area contributed by atoms with Gasteiger partial charge < -0.3 is 4.74 Å². The molecule has 0 amide bonds. The summed E-state index contributed by atoms with van der Waals surface area (Å²) in [5, 5.41) is 0.698. The van der Waals surface area contributed by atoms with Crippen molar-refractivity contribution in [2.24, 2.45) is 0 Å². The van der Waals surface area contributed by atoms with Crippen molar-refractivity contribution < 1.29 is 9.53 Å². The van der Waals surface area contributed by atoms with Gasteiger partial charge in [-0.15, -0.1) is 11.8 Å². The number of hydrogen-bond acceptors (Lipinski definition) is 3. The molecule has 0 aliphatic heterocycles. The minimum atomic E-state index is -0.190. The van der Waals surface area contributed by atoms with Crippen molar-refractivity contribution in [3.8, 4) is 0 Å². The summed E-state index contributed by atoms with van der Waals surface area (Å²) in [4.78, 5) is 12.2. The van der Waals surface area contributed by atoms with E-state index in [0.717, 1.165) is 4.90 Å². The summed E-state index contributed by atoms with van der Waals surface area (Å²) >= 11 is 7.19.